The summed E-state index contributed by atoms with van der Waals surface area (Å²) in [7, 11) is 1.65. The molecule has 1 aliphatic heterocycles. The van der Waals surface area contributed by atoms with Crippen molar-refractivity contribution in [2.45, 2.75) is 6.92 Å². The van der Waals surface area contributed by atoms with Crippen LogP contribution in [0.15, 0.2) is 36.5 Å². The molecule has 2 heterocycles. The Hall–Kier alpha value is -2.80. The van der Waals surface area contributed by atoms with Crippen molar-refractivity contribution in [3.63, 3.8) is 0 Å². The lowest BCUT2D eigenvalue weighted by Gasteiger charge is -2.36. The van der Waals surface area contributed by atoms with Crippen LogP contribution in [0.2, 0.25) is 5.02 Å². The van der Waals surface area contributed by atoms with Crippen LogP contribution in [0.5, 0.6) is 0 Å². The molecule has 0 saturated carbocycles. The third kappa shape index (κ3) is 4.36. The van der Waals surface area contributed by atoms with Crippen LogP contribution >= 0.6 is 11.6 Å². The highest BCUT2D eigenvalue weighted by Gasteiger charge is 2.24. The second kappa shape index (κ2) is 8.48. The van der Waals surface area contributed by atoms with Gasteiger partial charge in [-0.1, -0.05) is 23.7 Å². The molecule has 1 aromatic carbocycles. The molecule has 1 amide bonds. The van der Waals surface area contributed by atoms with Crippen molar-refractivity contribution < 1.29 is 19.1 Å². The first kappa shape index (κ1) is 19.9. The maximum atomic E-state index is 12.4. The fourth-order valence-corrected chi connectivity index (χ4v) is 3.41. The van der Waals surface area contributed by atoms with E-state index in [0.717, 1.165) is 5.69 Å². The summed E-state index contributed by atoms with van der Waals surface area (Å²) in [5, 5.41) is 0.684. The third-order valence-electron chi connectivity index (χ3n) is 4.77. The van der Waals surface area contributed by atoms with Crippen LogP contribution in [0.1, 0.15) is 27.8 Å². The molecule has 0 N–H and O–H groups in total. The number of ketones is 1. The average Bonchev–Trinajstić information content (AvgIpc) is 3.08. The molecule has 1 saturated heterocycles. The summed E-state index contributed by atoms with van der Waals surface area (Å²) in [5.41, 5.74) is 1.62. The third-order valence-corrected chi connectivity index (χ3v) is 5.09. The van der Waals surface area contributed by atoms with Crippen molar-refractivity contribution in [2.24, 2.45) is 7.05 Å². The van der Waals surface area contributed by atoms with Crippen LogP contribution < -0.4 is 4.90 Å². The molecule has 0 radical (unpaired) electrons. The lowest BCUT2D eigenvalue weighted by Crippen LogP contribution is -2.50. The Bertz CT molecular complexity index is 901. The first-order chi connectivity index (χ1) is 13.4. The zero-order valence-electron chi connectivity index (χ0n) is 15.9. The topological polar surface area (TPSA) is 71.8 Å². The van der Waals surface area contributed by atoms with Gasteiger partial charge in [0.2, 0.25) is 0 Å². The number of rotatable bonds is 5. The number of amides is 1. The summed E-state index contributed by atoms with van der Waals surface area (Å²) in [5.74, 6) is -1.01. The average molecular weight is 404 g/mol. The van der Waals surface area contributed by atoms with Crippen LogP contribution in [0.4, 0.5) is 5.69 Å². The second-order valence-electron chi connectivity index (χ2n) is 6.68. The largest absolute Gasteiger partial charge is 0.451 e. The normalized spacial score (nSPS) is 14.1. The molecular formula is C20H22ClN3O4. The number of carbonyl (C=O) groups is 3. The lowest BCUT2D eigenvalue weighted by molar-refractivity contribution is -0.134. The molecule has 0 spiro atoms. The summed E-state index contributed by atoms with van der Waals surface area (Å²) in [6, 6.07) is 9.08. The van der Waals surface area contributed by atoms with Crippen molar-refractivity contribution in [2.75, 3.05) is 37.7 Å². The van der Waals surface area contributed by atoms with Crippen LogP contribution in [0, 0.1) is 0 Å². The molecule has 2 aromatic rings. The monoisotopic (exact) mass is 403 g/mol. The number of piperazine rings is 1. The van der Waals surface area contributed by atoms with E-state index in [1.54, 1.807) is 18.1 Å². The van der Waals surface area contributed by atoms with Gasteiger partial charge in [-0.3, -0.25) is 9.59 Å². The van der Waals surface area contributed by atoms with Crippen molar-refractivity contribution in [3.05, 3.63) is 52.8 Å². The highest BCUT2D eigenvalue weighted by Crippen LogP contribution is 2.26. The number of esters is 1. The Labute approximate surface area is 168 Å². The molecule has 0 bridgehead atoms. The molecule has 1 aromatic heterocycles. The maximum Gasteiger partial charge on any atom is 0.355 e. The molecule has 0 unspecified atom stereocenters. The molecule has 1 fully saturated rings. The van der Waals surface area contributed by atoms with Gasteiger partial charge < -0.3 is 19.1 Å². The van der Waals surface area contributed by atoms with Gasteiger partial charge in [0.25, 0.3) is 5.91 Å². The number of Topliss-reactive ketones (excluding diaryl/α,β-unsaturated/α-hetero) is 1. The molecule has 0 atom stereocenters. The van der Waals surface area contributed by atoms with Crippen molar-refractivity contribution in [3.8, 4) is 0 Å². The number of ether oxygens (including phenoxy) is 1. The van der Waals surface area contributed by atoms with Gasteiger partial charge in [0.05, 0.1) is 10.7 Å². The molecule has 3 rings (SSSR count). The predicted octanol–water partition coefficient (Wildman–Crippen LogP) is 2.39. The van der Waals surface area contributed by atoms with Gasteiger partial charge in [0.15, 0.2) is 12.4 Å². The zero-order chi connectivity index (χ0) is 20.3. The van der Waals surface area contributed by atoms with E-state index in [0.29, 0.717) is 36.8 Å². The van der Waals surface area contributed by atoms with Gasteiger partial charge in [-0.2, -0.15) is 0 Å². The Balaban J connectivity index is 1.52. The fraction of sp³-hybridized carbons (Fsp3) is 0.350. The minimum Gasteiger partial charge on any atom is -0.451 e. The van der Waals surface area contributed by atoms with Crippen molar-refractivity contribution >= 4 is 34.9 Å². The molecule has 0 aliphatic carbocycles. The number of para-hydroxylation sites is 1. The molecule has 1 aliphatic rings. The van der Waals surface area contributed by atoms with E-state index in [4.69, 9.17) is 16.3 Å². The van der Waals surface area contributed by atoms with Gasteiger partial charge in [0.1, 0.15) is 5.69 Å². The van der Waals surface area contributed by atoms with E-state index in [1.165, 1.54) is 17.6 Å². The summed E-state index contributed by atoms with van der Waals surface area (Å²) in [6.07, 6.45) is 1.56. The van der Waals surface area contributed by atoms with Gasteiger partial charge in [-0.05, 0) is 25.1 Å². The number of benzene rings is 1. The Morgan fingerprint density at radius 2 is 1.79 bits per heavy atom. The Kier molecular flexibility index (Phi) is 6.04. The van der Waals surface area contributed by atoms with E-state index >= 15 is 0 Å². The summed E-state index contributed by atoms with van der Waals surface area (Å²) < 4.78 is 6.67. The van der Waals surface area contributed by atoms with E-state index in [9.17, 15) is 14.4 Å². The van der Waals surface area contributed by atoms with Gasteiger partial charge in [0, 0.05) is 45.0 Å². The molecule has 148 valence electrons. The zero-order valence-corrected chi connectivity index (χ0v) is 16.6. The van der Waals surface area contributed by atoms with E-state index in [-0.39, 0.29) is 24.0 Å². The van der Waals surface area contributed by atoms with E-state index < -0.39 is 5.97 Å². The molecule has 8 heteroatoms. The number of carbonyl (C=O) groups excluding carboxylic acids is 3. The molecule has 28 heavy (non-hydrogen) atoms. The van der Waals surface area contributed by atoms with Gasteiger partial charge in [-0.15, -0.1) is 0 Å². The minimum atomic E-state index is -0.627. The van der Waals surface area contributed by atoms with E-state index in [1.807, 2.05) is 24.3 Å². The maximum absolute atomic E-state index is 12.4. The van der Waals surface area contributed by atoms with E-state index in [2.05, 4.69) is 4.90 Å². The summed E-state index contributed by atoms with van der Waals surface area (Å²) in [4.78, 5) is 39.8. The predicted molar refractivity (Wildman–Crippen MR) is 106 cm³/mol. The van der Waals surface area contributed by atoms with Crippen LogP contribution in [-0.4, -0.2) is 59.9 Å². The lowest BCUT2D eigenvalue weighted by atomic mass is 10.2. The summed E-state index contributed by atoms with van der Waals surface area (Å²) >= 11 is 6.23. The van der Waals surface area contributed by atoms with Crippen LogP contribution in [-0.2, 0) is 16.6 Å². The van der Waals surface area contributed by atoms with Crippen molar-refractivity contribution in [1.82, 2.24) is 9.47 Å². The number of hydrogen-bond acceptors (Lipinski definition) is 5. The number of nitrogens with zero attached hydrogens (tertiary/aromatic N) is 3. The number of aromatic nitrogens is 1. The highest BCUT2D eigenvalue weighted by molar-refractivity contribution is 6.33. The molecule has 7 nitrogen and oxygen atoms in total. The minimum absolute atomic E-state index is 0.137. The molecular weight excluding hydrogens is 382 g/mol. The number of aryl methyl sites for hydroxylation is 1. The van der Waals surface area contributed by atoms with Gasteiger partial charge >= 0.3 is 5.97 Å². The number of anilines is 1. The standard InChI is InChI=1S/C20H22ClN3O4/c1-14(25)15-11-18(22(2)12-15)20(27)28-13-19(26)24-9-7-23(8-10-24)17-6-4-3-5-16(17)21/h3-6,11-12H,7-10,13H2,1-2H3. The Morgan fingerprint density at radius 1 is 1.11 bits per heavy atom. The smallest absolute Gasteiger partial charge is 0.355 e. The summed E-state index contributed by atoms with van der Waals surface area (Å²) in [6.45, 7) is 3.47. The van der Waals surface area contributed by atoms with Crippen molar-refractivity contribution in [1.29, 1.82) is 0 Å². The quantitative estimate of drug-likeness (QED) is 0.566. The Morgan fingerprint density at radius 3 is 2.39 bits per heavy atom. The van der Waals surface area contributed by atoms with Crippen LogP contribution in [0.25, 0.3) is 0 Å². The van der Waals surface area contributed by atoms with Crippen LogP contribution in [0.3, 0.4) is 0 Å². The number of halogens is 1. The second-order valence-corrected chi connectivity index (χ2v) is 7.08. The number of hydrogen-bond donors (Lipinski definition) is 0. The van der Waals surface area contributed by atoms with Gasteiger partial charge in [-0.25, -0.2) is 4.79 Å². The fourth-order valence-electron chi connectivity index (χ4n) is 3.16. The first-order valence-electron chi connectivity index (χ1n) is 8.98. The highest BCUT2D eigenvalue weighted by atomic mass is 35.5. The first-order valence-corrected chi connectivity index (χ1v) is 9.36. The SMILES string of the molecule is CC(=O)c1cc(C(=O)OCC(=O)N2CCN(c3ccccc3Cl)CC2)n(C)c1.